The summed E-state index contributed by atoms with van der Waals surface area (Å²) in [7, 11) is 0. The van der Waals surface area contributed by atoms with Crippen LogP contribution in [0.3, 0.4) is 0 Å². The van der Waals surface area contributed by atoms with E-state index in [-0.39, 0.29) is 18.1 Å². The number of carbonyl (C=O) groups is 1. The van der Waals surface area contributed by atoms with Crippen molar-refractivity contribution in [3.05, 3.63) is 35.9 Å². The molecule has 2 heteroatoms. The van der Waals surface area contributed by atoms with Crippen molar-refractivity contribution in [2.24, 2.45) is 23.7 Å². The summed E-state index contributed by atoms with van der Waals surface area (Å²) >= 11 is 0. The van der Waals surface area contributed by atoms with Gasteiger partial charge in [0.05, 0.1) is 12.0 Å². The quantitative estimate of drug-likeness (QED) is 0.644. The van der Waals surface area contributed by atoms with E-state index in [1.807, 2.05) is 30.3 Å². The maximum Gasteiger partial charge on any atom is 0.139 e. The van der Waals surface area contributed by atoms with Crippen LogP contribution in [0.4, 0.5) is 0 Å². The Balaban J connectivity index is 1.82. The van der Waals surface area contributed by atoms with E-state index in [0.717, 1.165) is 31.2 Å². The average molecular weight is 367 g/mol. The van der Waals surface area contributed by atoms with Crippen LogP contribution in [0.15, 0.2) is 30.3 Å². The van der Waals surface area contributed by atoms with Crippen LogP contribution in [-0.2, 0) is 9.53 Å². The second kappa shape index (κ2) is 9.56. The molecule has 27 heavy (non-hydrogen) atoms. The first kappa shape index (κ1) is 20.2. The van der Waals surface area contributed by atoms with Gasteiger partial charge in [-0.15, -0.1) is 0 Å². The number of ketones is 1. The van der Waals surface area contributed by atoms with Gasteiger partial charge in [0.1, 0.15) is 11.9 Å². The first-order valence-electron chi connectivity index (χ1n) is 10.8. The van der Waals surface area contributed by atoms with Gasteiger partial charge in [0.25, 0.3) is 0 Å². The zero-order chi connectivity index (χ0) is 19.2. The van der Waals surface area contributed by atoms with E-state index in [4.69, 9.17) is 4.74 Å². The molecule has 2 aliphatic rings. The Morgan fingerprint density at radius 3 is 2.56 bits per heavy atom. The van der Waals surface area contributed by atoms with E-state index in [1.54, 1.807) is 0 Å². The van der Waals surface area contributed by atoms with Gasteiger partial charge in [-0.05, 0) is 55.6 Å². The summed E-state index contributed by atoms with van der Waals surface area (Å²) in [4.78, 5) is 12.6. The molecule has 0 heterocycles. The van der Waals surface area contributed by atoms with E-state index in [2.05, 4.69) is 32.6 Å². The van der Waals surface area contributed by atoms with Gasteiger partial charge in [-0.3, -0.25) is 4.79 Å². The van der Waals surface area contributed by atoms with Crippen molar-refractivity contribution in [2.75, 3.05) is 0 Å². The fourth-order valence-electron chi connectivity index (χ4n) is 4.69. The zero-order valence-corrected chi connectivity index (χ0v) is 17.1. The third kappa shape index (κ3) is 5.45. The molecule has 2 aliphatic carbocycles. The largest absolute Gasteiger partial charge is 0.361 e. The predicted octanol–water partition coefficient (Wildman–Crippen LogP) is 5.64. The molecule has 0 bridgehead atoms. The molecular weight excluding hydrogens is 332 g/mol. The number of benzene rings is 1. The van der Waals surface area contributed by atoms with Crippen molar-refractivity contribution >= 4 is 5.78 Å². The van der Waals surface area contributed by atoms with Gasteiger partial charge >= 0.3 is 0 Å². The molecule has 0 amide bonds. The predicted molar refractivity (Wildman–Crippen MR) is 110 cm³/mol. The van der Waals surface area contributed by atoms with Crippen molar-refractivity contribution in [2.45, 2.75) is 77.9 Å². The molecule has 0 aliphatic heterocycles. The Morgan fingerprint density at radius 2 is 1.85 bits per heavy atom. The zero-order valence-electron chi connectivity index (χ0n) is 17.1. The van der Waals surface area contributed by atoms with Crippen LogP contribution in [0, 0.1) is 35.5 Å². The Kier molecular flexibility index (Phi) is 7.13. The number of Topliss-reactive ketones (excluding diaryl/α,β-unsaturated/α-hetero) is 1. The van der Waals surface area contributed by atoms with Gasteiger partial charge in [-0.1, -0.05) is 63.7 Å². The third-order valence-corrected chi connectivity index (χ3v) is 6.38. The van der Waals surface area contributed by atoms with E-state index in [1.165, 1.54) is 12.8 Å². The van der Waals surface area contributed by atoms with Crippen molar-refractivity contribution in [3.63, 3.8) is 0 Å². The van der Waals surface area contributed by atoms with Gasteiger partial charge < -0.3 is 4.74 Å². The fourth-order valence-corrected chi connectivity index (χ4v) is 4.69. The van der Waals surface area contributed by atoms with Crippen LogP contribution < -0.4 is 0 Å². The smallest absolute Gasteiger partial charge is 0.139 e. The molecule has 0 spiro atoms. The molecule has 0 unspecified atom stereocenters. The van der Waals surface area contributed by atoms with Crippen LogP contribution >= 0.6 is 0 Å². The maximum absolute atomic E-state index is 12.6. The highest BCUT2D eigenvalue weighted by Crippen LogP contribution is 2.37. The molecular formula is C25H34O2. The molecule has 2 nitrogen and oxygen atoms in total. The summed E-state index contributed by atoms with van der Waals surface area (Å²) in [5.41, 5.74) is 0.992. The first-order chi connectivity index (χ1) is 13.0. The van der Waals surface area contributed by atoms with Crippen LogP contribution in [-0.4, -0.2) is 18.0 Å². The molecule has 146 valence electrons. The first-order valence-corrected chi connectivity index (χ1v) is 10.8. The summed E-state index contributed by atoms with van der Waals surface area (Å²) in [5, 5.41) is 0. The van der Waals surface area contributed by atoms with Crippen LogP contribution in [0.5, 0.6) is 0 Å². The minimum absolute atomic E-state index is 0.0555. The maximum atomic E-state index is 12.6. The second-order valence-corrected chi connectivity index (χ2v) is 8.88. The summed E-state index contributed by atoms with van der Waals surface area (Å²) < 4.78 is 6.67. The number of hydrogen-bond donors (Lipinski definition) is 0. The standard InChI is InChI=1S/C25H34O2/c1-18(2)21-15-13-19(3)17-25(21)27-24(22-11-7-8-12-23(22)26)16-14-20-9-5-4-6-10-20/h4-6,9-10,18-19,21-22,24-25H,7-8,11-13,15,17H2,1-3H3/t19-,21+,22+,24-,25-/m1/s1. The van der Waals surface area contributed by atoms with Crippen molar-refractivity contribution in [3.8, 4) is 11.8 Å². The topological polar surface area (TPSA) is 26.3 Å². The van der Waals surface area contributed by atoms with Crippen LogP contribution in [0.2, 0.25) is 0 Å². The van der Waals surface area contributed by atoms with Crippen LogP contribution in [0.1, 0.15) is 71.3 Å². The summed E-state index contributed by atoms with van der Waals surface area (Å²) in [6, 6.07) is 10.0. The third-order valence-electron chi connectivity index (χ3n) is 6.38. The van der Waals surface area contributed by atoms with E-state index in [0.29, 0.717) is 30.0 Å². The molecule has 0 aromatic heterocycles. The average Bonchev–Trinajstić information content (AvgIpc) is 2.66. The van der Waals surface area contributed by atoms with Gasteiger partial charge in [0.15, 0.2) is 0 Å². The molecule has 2 saturated carbocycles. The lowest BCUT2D eigenvalue weighted by atomic mass is 9.75. The van der Waals surface area contributed by atoms with Crippen molar-refractivity contribution in [1.29, 1.82) is 0 Å². The lowest BCUT2D eigenvalue weighted by Gasteiger charge is -2.39. The molecule has 5 atom stereocenters. The Labute approximate surface area is 165 Å². The fraction of sp³-hybridized carbons (Fsp3) is 0.640. The molecule has 0 radical (unpaired) electrons. The van der Waals surface area contributed by atoms with E-state index < -0.39 is 0 Å². The number of carbonyl (C=O) groups excluding carboxylic acids is 1. The highest BCUT2D eigenvalue weighted by atomic mass is 16.5. The summed E-state index contributed by atoms with van der Waals surface area (Å²) in [6.07, 6.45) is 7.28. The van der Waals surface area contributed by atoms with Gasteiger partial charge in [-0.2, -0.15) is 0 Å². The number of rotatable bonds is 4. The van der Waals surface area contributed by atoms with Gasteiger partial charge in [0.2, 0.25) is 0 Å². The van der Waals surface area contributed by atoms with Crippen molar-refractivity contribution in [1.82, 2.24) is 0 Å². The molecule has 0 N–H and O–H groups in total. The highest BCUT2D eigenvalue weighted by Gasteiger charge is 2.37. The Morgan fingerprint density at radius 1 is 1.07 bits per heavy atom. The monoisotopic (exact) mass is 366 g/mol. The molecule has 1 aromatic carbocycles. The molecule has 1 aromatic rings. The second-order valence-electron chi connectivity index (χ2n) is 8.88. The Bertz CT molecular complexity index is 667. The minimum atomic E-state index is -0.269. The summed E-state index contributed by atoms with van der Waals surface area (Å²) in [5.74, 6) is 8.80. The van der Waals surface area contributed by atoms with Crippen LogP contribution in [0.25, 0.3) is 0 Å². The number of ether oxygens (including phenoxy) is 1. The SMILES string of the molecule is CC(C)[C@@H]1CC[C@@H](C)C[C@H]1O[C@H](C#Cc1ccccc1)[C@H]1CCCCC1=O. The minimum Gasteiger partial charge on any atom is -0.361 e. The van der Waals surface area contributed by atoms with Gasteiger partial charge in [-0.25, -0.2) is 0 Å². The van der Waals surface area contributed by atoms with Crippen molar-refractivity contribution < 1.29 is 9.53 Å². The lowest BCUT2D eigenvalue weighted by molar-refractivity contribution is -0.134. The molecule has 3 rings (SSSR count). The van der Waals surface area contributed by atoms with E-state index in [9.17, 15) is 4.79 Å². The highest BCUT2D eigenvalue weighted by molar-refractivity contribution is 5.82. The normalized spacial score (nSPS) is 29.9. The lowest BCUT2D eigenvalue weighted by Crippen LogP contribution is -2.41. The molecule has 2 fully saturated rings. The van der Waals surface area contributed by atoms with E-state index >= 15 is 0 Å². The molecule has 0 saturated heterocycles. The number of hydrogen-bond acceptors (Lipinski definition) is 2. The van der Waals surface area contributed by atoms with Gasteiger partial charge in [0, 0.05) is 12.0 Å². The Hall–Kier alpha value is -1.59. The summed E-state index contributed by atoms with van der Waals surface area (Å²) in [6.45, 7) is 6.92.